The van der Waals surface area contributed by atoms with E-state index in [1.807, 2.05) is 13.8 Å². The third kappa shape index (κ3) is 2.65. The fourth-order valence-electron chi connectivity index (χ4n) is 1.39. The molecule has 5 heteroatoms. The Kier molecular flexibility index (Phi) is 3.32. The Morgan fingerprint density at radius 2 is 1.92 bits per heavy atom. The standard InChI is InChI=1S/C8H17NO3S/c1-6(2)9-13(10,11)8-4-7(5-8)12-3/h6-9H,4-5H2,1-3H3/t7-,8-. The number of hydrogen-bond acceptors (Lipinski definition) is 3. The Balaban J connectivity index is 2.45. The van der Waals surface area contributed by atoms with Gasteiger partial charge in [-0.15, -0.1) is 0 Å². The van der Waals surface area contributed by atoms with Crippen molar-refractivity contribution in [2.24, 2.45) is 0 Å². The van der Waals surface area contributed by atoms with Crippen LogP contribution in [0.3, 0.4) is 0 Å². The number of ether oxygens (including phenoxy) is 1. The largest absolute Gasteiger partial charge is 0.381 e. The highest BCUT2D eigenvalue weighted by Crippen LogP contribution is 2.28. The minimum Gasteiger partial charge on any atom is -0.381 e. The van der Waals surface area contributed by atoms with Gasteiger partial charge in [-0.2, -0.15) is 0 Å². The molecule has 0 aromatic rings. The molecule has 1 rings (SSSR count). The lowest BCUT2D eigenvalue weighted by Crippen LogP contribution is -2.47. The van der Waals surface area contributed by atoms with E-state index in [0.29, 0.717) is 12.8 Å². The Morgan fingerprint density at radius 3 is 2.31 bits per heavy atom. The van der Waals surface area contributed by atoms with Crippen molar-refractivity contribution in [3.63, 3.8) is 0 Å². The molecule has 1 aliphatic carbocycles. The van der Waals surface area contributed by atoms with Crippen molar-refractivity contribution in [2.45, 2.75) is 44.1 Å². The predicted molar refractivity (Wildman–Crippen MR) is 51.0 cm³/mol. The second-order valence-electron chi connectivity index (χ2n) is 3.77. The summed E-state index contributed by atoms with van der Waals surface area (Å²) >= 11 is 0. The molecule has 0 radical (unpaired) electrons. The first-order chi connectivity index (χ1) is 5.95. The summed E-state index contributed by atoms with van der Waals surface area (Å²) in [6, 6.07) is -0.0217. The number of methoxy groups -OCH3 is 1. The molecule has 0 aromatic heterocycles. The van der Waals surface area contributed by atoms with Crippen LogP contribution in [-0.2, 0) is 14.8 Å². The summed E-state index contributed by atoms with van der Waals surface area (Å²) in [6.45, 7) is 3.65. The molecule has 0 heterocycles. The second kappa shape index (κ2) is 3.94. The van der Waals surface area contributed by atoms with Crippen LogP contribution in [0.2, 0.25) is 0 Å². The normalized spacial score (nSPS) is 28.9. The molecule has 1 saturated carbocycles. The van der Waals surface area contributed by atoms with E-state index in [-0.39, 0.29) is 17.4 Å². The first kappa shape index (κ1) is 10.9. The van der Waals surface area contributed by atoms with E-state index in [1.165, 1.54) is 0 Å². The van der Waals surface area contributed by atoms with Gasteiger partial charge in [-0.3, -0.25) is 0 Å². The lowest BCUT2D eigenvalue weighted by atomic mass is 9.95. The van der Waals surface area contributed by atoms with Crippen LogP contribution in [-0.4, -0.2) is 32.9 Å². The molecule has 0 unspecified atom stereocenters. The molecule has 1 fully saturated rings. The van der Waals surface area contributed by atoms with Gasteiger partial charge in [0.05, 0.1) is 11.4 Å². The van der Waals surface area contributed by atoms with Crippen LogP contribution in [0.25, 0.3) is 0 Å². The van der Waals surface area contributed by atoms with Crippen molar-refractivity contribution in [3.8, 4) is 0 Å². The number of sulfonamides is 1. The average molecular weight is 207 g/mol. The molecule has 13 heavy (non-hydrogen) atoms. The molecule has 1 aliphatic rings. The van der Waals surface area contributed by atoms with Gasteiger partial charge in [0.15, 0.2) is 0 Å². The maximum absolute atomic E-state index is 11.5. The average Bonchev–Trinajstić information content (AvgIpc) is 1.79. The Morgan fingerprint density at radius 1 is 1.38 bits per heavy atom. The minimum atomic E-state index is -3.10. The van der Waals surface area contributed by atoms with Crippen LogP contribution < -0.4 is 4.72 Å². The monoisotopic (exact) mass is 207 g/mol. The van der Waals surface area contributed by atoms with Crippen molar-refractivity contribution < 1.29 is 13.2 Å². The molecule has 0 aliphatic heterocycles. The summed E-state index contributed by atoms with van der Waals surface area (Å²) in [5.41, 5.74) is 0. The van der Waals surface area contributed by atoms with Crippen LogP contribution in [0, 0.1) is 0 Å². The molecule has 0 atom stereocenters. The van der Waals surface area contributed by atoms with Crippen LogP contribution in [0.5, 0.6) is 0 Å². The Bertz CT molecular complexity index is 255. The van der Waals surface area contributed by atoms with Crippen LogP contribution in [0.15, 0.2) is 0 Å². The quantitative estimate of drug-likeness (QED) is 0.730. The van der Waals surface area contributed by atoms with Gasteiger partial charge < -0.3 is 4.74 Å². The predicted octanol–water partition coefficient (Wildman–Crippen LogP) is 0.492. The maximum Gasteiger partial charge on any atom is 0.214 e. The van der Waals surface area contributed by atoms with E-state index >= 15 is 0 Å². The zero-order valence-corrected chi connectivity index (χ0v) is 9.10. The second-order valence-corrected chi connectivity index (χ2v) is 5.76. The van der Waals surface area contributed by atoms with Crippen molar-refractivity contribution >= 4 is 10.0 Å². The Hall–Kier alpha value is -0.130. The highest BCUT2D eigenvalue weighted by atomic mass is 32.2. The van der Waals surface area contributed by atoms with Gasteiger partial charge in [0, 0.05) is 13.2 Å². The van der Waals surface area contributed by atoms with Gasteiger partial charge in [-0.1, -0.05) is 0 Å². The summed E-state index contributed by atoms with van der Waals surface area (Å²) < 4.78 is 30.6. The van der Waals surface area contributed by atoms with Gasteiger partial charge >= 0.3 is 0 Å². The number of rotatable bonds is 4. The summed E-state index contributed by atoms with van der Waals surface area (Å²) in [5, 5.41) is -0.250. The van der Waals surface area contributed by atoms with Crippen LogP contribution >= 0.6 is 0 Å². The van der Waals surface area contributed by atoms with E-state index in [9.17, 15) is 8.42 Å². The summed E-state index contributed by atoms with van der Waals surface area (Å²) in [4.78, 5) is 0. The van der Waals surface area contributed by atoms with Crippen LogP contribution in [0.1, 0.15) is 26.7 Å². The van der Waals surface area contributed by atoms with E-state index in [1.54, 1.807) is 7.11 Å². The van der Waals surface area contributed by atoms with Gasteiger partial charge in [0.25, 0.3) is 0 Å². The topological polar surface area (TPSA) is 55.4 Å². The van der Waals surface area contributed by atoms with Gasteiger partial charge in [-0.05, 0) is 26.7 Å². The summed E-state index contributed by atoms with van der Waals surface area (Å²) in [7, 11) is -1.48. The zero-order chi connectivity index (χ0) is 10.1. The molecule has 0 amide bonds. The molecule has 0 spiro atoms. The molecule has 0 aromatic carbocycles. The van der Waals surface area contributed by atoms with Gasteiger partial charge in [0.1, 0.15) is 0 Å². The minimum absolute atomic E-state index is 0.0217. The van der Waals surface area contributed by atoms with Gasteiger partial charge in [-0.25, -0.2) is 13.1 Å². The highest BCUT2D eigenvalue weighted by Gasteiger charge is 2.38. The first-order valence-electron chi connectivity index (χ1n) is 4.49. The summed E-state index contributed by atoms with van der Waals surface area (Å²) in [6.07, 6.45) is 1.38. The third-order valence-corrected chi connectivity index (χ3v) is 4.29. The molecule has 0 bridgehead atoms. The van der Waals surface area contributed by atoms with Gasteiger partial charge in [0.2, 0.25) is 10.0 Å². The third-order valence-electron chi connectivity index (χ3n) is 2.22. The SMILES string of the molecule is CO[C@H]1C[C@H](S(=O)(=O)NC(C)C)C1. The molecule has 78 valence electrons. The lowest BCUT2D eigenvalue weighted by Gasteiger charge is -2.33. The van der Waals surface area contributed by atoms with Crippen molar-refractivity contribution in [1.82, 2.24) is 4.72 Å². The fraction of sp³-hybridized carbons (Fsp3) is 1.00. The van der Waals surface area contributed by atoms with E-state index in [4.69, 9.17) is 4.74 Å². The van der Waals surface area contributed by atoms with E-state index in [0.717, 1.165) is 0 Å². The van der Waals surface area contributed by atoms with E-state index < -0.39 is 10.0 Å². The highest BCUT2D eigenvalue weighted by molar-refractivity contribution is 7.90. The number of nitrogens with one attached hydrogen (secondary N) is 1. The summed E-state index contributed by atoms with van der Waals surface area (Å²) in [5.74, 6) is 0. The molecule has 0 saturated heterocycles. The van der Waals surface area contributed by atoms with Crippen molar-refractivity contribution in [3.05, 3.63) is 0 Å². The first-order valence-corrected chi connectivity index (χ1v) is 6.04. The molecular formula is C8H17NO3S. The molecule has 4 nitrogen and oxygen atoms in total. The van der Waals surface area contributed by atoms with Crippen LogP contribution in [0.4, 0.5) is 0 Å². The zero-order valence-electron chi connectivity index (χ0n) is 8.28. The molecular weight excluding hydrogens is 190 g/mol. The van der Waals surface area contributed by atoms with Crippen molar-refractivity contribution in [2.75, 3.05) is 7.11 Å². The maximum atomic E-state index is 11.5. The number of hydrogen-bond donors (Lipinski definition) is 1. The smallest absolute Gasteiger partial charge is 0.214 e. The fourth-order valence-corrected chi connectivity index (χ4v) is 3.17. The lowest BCUT2D eigenvalue weighted by molar-refractivity contribution is 0.0433. The van der Waals surface area contributed by atoms with Crippen molar-refractivity contribution in [1.29, 1.82) is 0 Å². The Labute approximate surface area is 79.7 Å². The van der Waals surface area contributed by atoms with E-state index in [2.05, 4.69) is 4.72 Å². The molecule has 1 N–H and O–H groups in total.